The van der Waals surface area contributed by atoms with Gasteiger partial charge in [-0.05, 0) is 27.7 Å². The van der Waals surface area contributed by atoms with Gasteiger partial charge in [-0.1, -0.05) is 0 Å². The molecule has 0 aromatic heterocycles. The third-order valence-corrected chi connectivity index (χ3v) is 3.02. The topological polar surface area (TPSA) is 49.6 Å². The highest BCUT2D eigenvalue weighted by atomic mass is 16.2. The van der Waals surface area contributed by atoms with E-state index >= 15 is 0 Å². The Morgan fingerprint density at radius 2 is 2.00 bits per heavy atom. The lowest BCUT2D eigenvalue weighted by atomic mass is 10.0. The van der Waals surface area contributed by atoms with Crippen molar-refractivity contribution in [2.75, 3.05) is 26.2 Å². The van der Waals surface area contributed by atoms with Crippen LogP contribution in [0, 0.1) is 0 Å². The fourth-order valence-electron chi connectivity index (χ4n) is 1.93. The summed E-state index contributed by atoms with van der Waals surface area (Å²) >= 11 is 0. The zero-order valence-electron chi connectivity index (χ0n) is 10.3. The maximum Gasteiger partial charge on any atom is 0.237 e. The Morgan fingerprint density at radius 1 is 1.40 bits per heavy atom. The van der Waals surface area contributed by atoms with Crippen LogP contribution < -0.4 is 5.73 Å². The lowest BCUT2D eigenvalue weighted by molar-refractivity contribution is -0.142. The summed E-state index contributed by atoms with van der Waals surface area (Å²) in [4.78, 5) is 16.0. The second kappa shape index (κ2) is 4.49. The van der Waals surface area contributed by atoms with Crippen molar-refractivity contribution in [1.29, 1.82) is 0 Å². The molecule has 1 aliphatic rings. The minimum Gasteiger partial charge on any atom is -0.335 e. The molecule has 0 radical (unpaired) electrons. The molecule has 4 nitrogen and oxygen atoms in total. The minimum atomic E-state index is -0.0604. The van der Waals surface area contributed by atoms with Crippen molar-refractivity contribution >= 4 is 5.91 Å². The summed E-state index contributed by atoms with van der Waals surface area (Å²) in [5.74, 6) is 0.217. The summed E-state index contributed by atoms with van der Waals surface area (Å²) in [5, 5.41) is 0. The number of hydrogen-bond donors (Lipinski definition) is 1. The van der Waals surface area contributed by atoms with E-state index in [1.165, 1.54) is 0 Å². The molecule has 1 rings (SSSR count). The van der Waals surface area contributed by atoms with E-state index in [2.05, 4.69) is 32.6 Å². The number of carbonyl (C=O) groups excluding carboxylic acids is 1. The molecule has 1 aliphatic heterocycles. The van der Waals surface area contributed by atoms with Crippen LogP contribution >= 0.6 is 0 Å². The number of piperazine rings is 1. The molecule has 1 amide bonds. The van der Waals surface area contributed by atoms with Crippen LogP contribution in [0.5, 0.6) is 0 Å². The molecular formula is C11H23N3O. The Labute approximate surface area is 92.4 Å². The summed E-state index contributed by atoms with van der Waals surface area (Å²) in [6.07, 6.45) is 0. The molecule has 0 spiro atoms. The van der Waals surface area contributed by atoms with Crippen LogP contribution in [0.1, 0.15) is 27.7 Å². The molecule has 88 valence electrons. The predicted molar refractivity (Wildman–Crippen MR) is 61.6 cm³/mol. The fourth-order valence-corrected chi connectivity index (χ4v) is 1.93. The van der Waals surface area contributed by atoms with Crippen LogP contribution in [-0.4, -0.2) is 53.5 Å². The van der Waals surface area contributed by atoms with E-state index < -0.39 is 0 Å². The average Bonchev–Trinajstić information content (AvgIpc) is 2.14. The van der Waals surface area contributed by atoms with Crippen LogP contribution in [0.2, 0.25) is 0 Å². The Hall–Kier alpha value is -0.610. The highest BCUT2D eigenvalue weighted by molar-refractivity contribution is 5.79. The lowest BCUT2D eigenvalue weighted by Crippen LogP contribution is -2.59. The highest BCUT2D eigenvalue weighted by Gasteiger charge is 2.32. The monoisotopic (exact) mass is 213 g/mol. The first-order valence-corrected chi connectivity index (χ1v) is 5.61. The lowest BCUT2D eigenvalue weighted by Gasteiger charge is -2.43. The van der Waals surface area contributed by atoms with Crippen molar-refractivity contribution in [2.24, 2.45) is 5.73 Å². The van der Waals surface area contributed by atoms with Gasteiger partial charge in [-0.15, -0.1) is 0 Å². The molecule has 0 saturated carbocycles. The van der Waals surface area contributed by atoms with Crippen molar-refractivity contribution < 1.29 is 4.79 Å². The maximum absolute atomic E-state index is 11.9. The molecule has 0 aliphatic carbocycles. The van der Waals surface area contributed by atoms with E-state index in [0.717, 1.165) is 13.1 Å². The van der Waals surface area contributed by atoms with Gasteiger partial charge >= 0.3 is 0 Å². The molecular weight excluding hydrogens is 190 g/mol. The molecule has 1 fully saturated rings. The zero-order chi connectivity index (χ0) is 11.6. The smallest absolute Gasteiger partial charge is 0.237 e. The van der Waals surface area contributed by atoms with Gasteiger partial charge in [0, 0.05) is 31.2 Å². The third kappa shape index (κ3) is 2.92. The van der Waals surface area contributed by atoms with Crippen LogP contribution in [0.4, 0.5) is 0 Å². The van der Waals surface area contributed by atoms with Gasteiger partial charge in [-0.3, -0.25) is 9.69 Å². The van der Waals surface area contributed by atoms with E-state index in [4.69, 9.17) is 5.73 Å². The quantitative estimate of drug-likeness (QED) is 0.716. The van der Waals surface area contributed by atoms with E-state index in [9.17, 15) is 4.79 Å². The minimum absolute atomic E-state index is 0.0604. The van der Waals surface area contributed by atoms with Crippen LogP contribution in [-0.2, 0) is 4.79 Å². The van der Waals surface area contributed by atoms with E-state index in [0.29, 0.717) is 19.1 Å². The second-order valence-electron chi connectivity index (χ2n) is 5.27. The molecule has 0 aromatic carbocycles. The summed E-state index contributed by atoms with van der Waals surface area (Å²) in [7, 11) is 0. The first-order chi connectivity index (χ1) is 6.86. The Morgan fingerprint density at radius 3 is 2.40 bits per heavy atom. The number of nitrogens with two attached hydrogens (primary N) is 1. The van der Waals surface area contributed by atoms with Gasteiger partial charge in [0.2, 0.25) is 5.91 Å². The van der Waals surface area contributed by atoms with Gasteiger partial charge in [0.05, 0.1) is 6.54 Å². The third-order valence-electron chi connectivity index (χ3n) is 3.02. The Kier molecular flexibility index (Phi) is 3.73. The average molecular weight is 213 g/mol. The fraction of sp³-hybridized carbons (Fsp3) is 0.909. The number of carbonyl (C=O) groups is 1. The summed E-state index contributed by atoms with van der Waals surface area (Å²) < 4.78 is 0. The summed E-state index contributed by atoms with van der Waals surface area (Å²) in [6, 6.07) is 0.302. The molecule has 2 N–H and O–H groups in total. The van der Waals surface area contributed by atoms with Gasteiger partial charge in [0.15, 0.2) is 0 Å². The van der Waals surface area contributed by atoms with Crippen molar-refractivity contribution in [2.45, 2.75) is 39.3 Å². The SMILES string of the molecule is CC(CN)N1CCN(C(C)(C)C)C(=O)C1. The first-order valence-electron chi connectivity index (χ1n) is 5.61. The van der Waals surface area contributed by atoms with Gasteiger partial charge in [-0.2, -0.15) is 0 Å². The van der Waals surface area contributed by atoms with Gasteiger partial charge in [0.1, 0.15) is 0 Å². The molecule has 0 bridgehead atoms. The van der Waals surface area contributed by atoms with Crippen LogP contribution in [0.25, 0.3) is 0 Å². The molecule has 1 saturated heterocycles. The summed E-state index contributed by atoms with van der Waals surface area (Å²) in [6.45, 7) is 11.2. The van der Waals surface area contributed by atoms with Crippen LogP contribution in [0.15, 0.2) is 0 Å². The van der Waals surface area contributed by atoms with Crippen molar-refractivity contribution in [3.63, 3.8) is 0 Å². The van der Waals surface area contributed by atoms with Gasteiger partial charge in [-0.25, -0.2) is 0 Å². The van der Waals surface area contributed by atoms with Crippen molar-refractivity contribution in [1.82, 2.24) is 9.80 Å². The Balaban J connectivity index is 2.59. The highest BCUT2D eigenvalue weighted by Crippen LogP contribution is 2.17. The van der Waals surface area contributed by atoms with Crippen molar-refractivity contribution in [3.05, 3.63) is 0 Å². The Bertz CT molecular complexity index is 234. The molecule has 15 heavy (non-hydrogen) atoms. The normalized spacial score (nSPS) is 21.9. The van der Waals surface area contributed by atoms with Crippen LogP contribution in [0.3, 0.4) is 0 Å². The molecule has 1 heterocycles. The number of rotatable bonds is 2. The largest absolute Gasteiger partial charge is 0.335 e. The van der Waals surface area contributed by atoms with Gasteiger partial charge in [0.25, 0.3) is 0 Å². The van der Waals surface area contributed by atoms with Crippen molar-refractivity contribution in [3.8, 4) is 0 Å². The number of amides is 1. The van der Waals surface area contributed by atoms with Gasteiger partial charge < -0.3 is 10.6 Å². The molecule has 0 aromatic rings. The predicted octanol–water partition coefficient (Wildman–Crippen LogP) is 0.276. The maximum atomic E-state index is 11.9. The van der Waals surface area contributed by atoms with E-state index in [1.54, 1.807) is 0 Å². The standard InChI is InChI=1S/C11H23N3O/c1-9(7-12)13-5-6-14(10(15)8-13)11(2,3)4/h9H,5-8,12H2,1-4H3. The number of hydrogen-bond acceptors (Lipinski definition) is 3. The first kappa shape index (κ1) is 12.5. The zero-order valence-corrected chi connectivity index (χ0v) is 10.3. The molecule has 4 heteroatoms. The second-order valence-corrected chi connectivity index (χ2v) is 5.27. The van der Waals surface area contributed by atoms with E-state index in [-0.39, 0.29) is 11.4 Å². The van der Waals surface area contributed by atoms with E-state index in [1.807, 2.05) is 4.90 Å². The summed E-state index contributed by atoms with van der Waals surface area (Å²) in [5.41, 5.74) is 5.54. The molecule has 1 atom stereocenters. The number of nitrogens with zero attached hydrogens (tertiary/aromatic N) is 2. The molecule has 1 unspecified atom stereocenters.